The van der Waals surface area contributed by atoms with Gasteiger partial charge in [0.05, 0.1) is 11.7 Å². The molecule has 3 heteroatoms. The standard InChI is InChI=1S/C12H17N3/c1-9(2)11-8-12(13)14-15(11)10-6-4-3-5-7-10/h3-9,11,14H,13H2,1-2H3. The zero-order valence-corrected chi connectivity index (χ0v) is 9.14. The third kappa shape index (κ3) is 1.91. The van der Waals surface area contributed by atoms with Crippen LogP contribution in [0.5, 0.6) is 0 Å². The summed E-state index contributed by atoms with van der Waals surface area (Å²) in [6.45, 7) is 4.38. The molecule has 0 amide bonds. The zero-order chi connectivity index (χ0) is 10.8. The van der Waals surface area contributed by atoms with Crippen molar-refractivity contribution in [3.8, 4) is 0 Å². The van der Waals surface area contributed by atoms with Crippen LogP contribution in [0.15, 0.2) is 42.2 Å². The smallest absolute Gasteiger partial charge is 0.113 e. The maximum absolute atomic E-state index is 5.80. The predicted octanol–water partition coefficient (Wildman–Crippen LogP) is 1.84. The fourth-order valence-corrected chi connectivity index (χ4v) is 1.83. The number of hydrogen-bond donors (Lipinski definition) is 2. The van der Waals surface area contributed by atoms with Crippen LogP contribution < -0.4 is 16.2 Å². The Labute approximate surface area is 90.5 Å². The Bertz CT molecular complexity index is 356. The summed E-state index contributed by atoms with van der Waals surface area (Å²) in [5, 5.41) is 2.11. The number of hydrazine groups is 1. The van der Waals surface area contributed by atoms with E-state index in [1.54, 1.807) is 0 Å². The minimum absolute atomic E-state index is 0.326. The van der Waals surface area contributed by atoms with Crippen molar-refractivity contribution in [1.82, 2.24) is 5.43 Å². The van der Waals surface area contributed by atoms with Crippen LogP contribution in [0.2, 0.25) is 0 Å². The topological polar surface area (TPSA) is 41.3 Å². The number of nitrogens with one attached hydrogen (secondary N) is 1. The Morgan fingerprint density at radius 1 is 1.27 bits per heavy atom. The number of benzene rings is 1. The van der Waals surface area contributed by atoms with Gasteiger partial charge in [-0.05, 0) is 24.1 Å². The molecule has 1 aliphatic rings. The van der Waals surface area contributed by atoms with Crippen LogP contribution in [-0.2, 0) is 0 Å². The predicted molar refractivity (Wildman–Crippen MR) is 63.0 cm³/mol. The molecular formula is C12H17N3. The molecule has 0 fully saturated rings. The van der Waals surface area contributed by atoms with Crippen LogP contribution >= 0.6 is 0 Å². The van der Waals surface area contributed by atoms with Gasteiger partial charge in [-0.2, -0.15) is 0 Å². The fourth-order valence-electron chi connectivity index (χ4n) is 1.83. The van der Waals surface area contributed by atoms with Crippen LogP contribution in [0.3, 0.4) is 0 Å². The number of nitrogens with zero attached hydrogens (tertiary/aromatic N) is 1. The summed E-state index contributed by atoms with van der Waals surface area (Å²) in [5.41, 5.74) is 10.1. The Kier molecular flexibility index (Phi) is 2.54. The minimum Gasteiger partial charge on any atom is -0.384 e. The van der Waals surface area contributed by atoms with Crippen molar-refractivity contribution < 1.29 is 0 Å². The van der Waals surface area contributed by atoms with E-state index in [2.05, 4.69) is 42.5 Å². The molecule has 1 aromatic rings. The SMILES string of the molecule is CC(C)C1C=C(N)NN1c1ccccc1. The van der Waals surface area contributed by atoms with Crippen molar-refractivity contribution in [2.24, 2.45) is 11.7 Å². The highest BCUT2D eigenvalue weighted by molar-refractivity contribution is 5.49. The number of hydrogen-bond acceptors (Lipinski definition) is 3. The van der Waals surface area contributed by atoms with Crippen molar-refractivity contribution in [3.63, 3.8) is 0 Å². The van der Waals surface area contributed by atoms with Gasteiger partial charge >= 0.3 is 0 Å². The molecule has 0 spiro atoms. The minimum atomic E-state index is 0.326. The first kappa shape index (κ1) is 9.90. The van der Waals surface area contributed by atoms with Crippen molar-refractivity contribution in [2.75, 3.05) is 5.01 Å². The normalized spacial score (nSPS) is 20.3. The second-order valence-electron chi connectivity index (χ2n) is 4.17. The molecule has 0 aliphatic carbocycles. The van der Waals surface area contributed by atoms with E-state index in [0.717, 1.165) is 11.5 Å². The monoisotopic (exact) mass is 203 g/mol. The lowest BCUT2D eigenvalue weighted by Crippen LogP contribution is -2.42. The molecule has 0 saturated carbocycles. The second-order valence-corrected chi connectivity index (χ2v) is 4.17. The van der Waals surface area contributed by atoms with E-state index in [1.807, 2.05) is 18.2 Å². The number of rotatable bonds is 2. The molecule has 0 aromatic heterocycles. The molecule has 1 aromatic carbocycles. The summed E-state index contributed by atoms with van der Waals surface area (Å²) in [4.78, 5) is 0. The van der Waals surface area contributed by atoms with Crippen LogP contribution in [0.1, 0.15) is 13.8 Å². The van der Waals surface area contributed by atoms with Gasteiger partial charge in [0.25, 0.3) is 0 Å². The molecule has 3 nitrogen and oxygen atoms in total. The fraction of sp³-hybridized carbons (Fsp3) is 0.333. The van der Waals surface area contributed by atoms with Gasteiger partial charge in [-0.25, -0.2) is 0 Å². The molecule has 1 atom stereocenters. The van der Waals surface area contributed by atoms with Gasteiger partial charge in [-0.3, -0.25) is 10.4 Å². The first-order valence-corrected chi connectivity index (χ1v) is 5.26. The van der Waals surface area contributed by atoms with E-state index < -0.39 is 0 Å². The first-order valence-electron chi connectivity index (χ1n) is 5.26. The van der Waals surface area contributed by atoms with Crippen LogP contribution in [0, 0.1) is 5.92 Å². The van der Waals surface area contributed by atoms with E-state index in [4.69, 9.17) is 5.73 Å². The Hall–Kier alpha value is -1.64. The van der Waals surface area contributed by atoms with E-state index in [0.29, 0.717) is 12.0 Å². The van der Waals surface area contributed by atoms with Crippen molar-refractivity contribution >= 4 is 5.69 Å². The lowest BCUT2D eigenvalue weighted by Gasteiger charge is -2.29. The first-order chi connectivity index (χ1) is 7.18. The average Bonchev–Trinajstić information content (AvgIpc) is 2.62. The molecule has 0 bridgehead atoms. The van der Waals surface area contributed by atoms with Crippen molar-refractivity contribution in [3.05, 3.63) is 42.2 Å². The van der Waals surface area contributed by atoms with Crippen LogP contribution in [-0.4, -0.2) is 6.04 Å². The Balaban J connectivity index is 2.24. The number of nitrogens with two attached hydrogens (primary N) is 1. The Morgan fingerprint density at radius 2 is 1.93 bits per heavy atom. The summed E-state index contributed by atoms with van der Waals surface area (Å²) < 4.78 is 0. The van der Waals surface area contributed by atoms with Gasteiger partial charge in [-0.1, -0.05) is 32.0 Å². The number of anilines is 1. The van der Waals surface area contributed by atoms with Gasteiger partial charge in [0.2, 0.25) is 0 Å². The van der Waals surface area contributed by atoms with Crippen molar-refractivity contribution in [1.29, 1.82) is 0 Å². The number of para-hydroxylation sites is 1. The molecule has 1 aliphatic heterocycles. The van der Waals surface area contributed by atoms with Gasteiger partial charge in [0.1, 0.15) is 5.82 Å². The lowest BCUT2D eigenvalue weighted by atomic mass is 10.0. The molecule has 15 heavy (non-hydrogen) atoms. The second kappa shape index (κ2) is 3.85. The van der Waals surface area contributed by atoms with E-state index in [-0.39, 0.29) is 0 Å². The maximum Gasteiger partial charge on any atom is 0.113 e. The molecule has 3 N–H and O–H groups in total. The third-order valence-electron chi connectivity index (χ3n) is 2.62. The molecule has 1 unspecified atom stereocenters. The van der Waals surface area contributed by atoms with E-state index in [1.165, 1.54) is 0 Å². The van der Waals surface area contributed by atoms with Gasteiger partial charge in [-0.15, -0.1) is 0 Å². The summed E-state index contributed by atoms with van der Waals surface area (Å²) in [6.07, 6.45) is 2.07. The Morgan fingerprint density at radius 3 is 2.53 bits per heavy atom. The summed E-state index contributed by atoms with van der Waals surface area (Å²) in [5.74, 6) is 1.26. The average molecular weight is 203 g/mol. The van der Waals surface area contributed by atoms with Gasteiger partial charge in [0.15, 0.2) is 0 Å². The maximum atomic E-state index is 5.80. The quantitative estimate of drug-likeness (QED) is 0.770. The molecule has 0 saturated heterocycles. The molecule has 80 valence electrons. The van der Waals surface area contributed by atoms with Crippen LogP contribution in [0.25, 0.3) is 0 Å². The molecule has 2 rings (SSSR count). The molecule has 0 radical (unpaired) electrons. The summed E-state index contributed by atoms with van der Waals surface area (Å²) >= 11 is 0. The molecule has 1 heterocycles. The highest BCUT2D eigenvalue weighted by Crippen LogP contribution is 2.23. The largest absolute Gasteiger partial charge is 0.384 e. The van der Waals surface area contributed by atoms with Gasteiger partial charge in [0, 0.05) is 0 Å². The molecular weight excluding hydrogens is 186 g/mol. The highest BCUT2D eigenvalue weighted by Gasteiger charge is 2.25. The summed E-state index contributed by atoms with van der Waals surface area (Å²) in [6, 6.07) is 10.6. The summed E-state index contributed by atoms with van der Waals surface area (Å²) in [7, 11) is 0. The van der Waals surface area contributed by atoms with Gasteiger partial charge < -0.3 is 5.73 Å². The van der Waals surface area contributed by atoms with Crippen molar-refractivity contribution in [2.45, 2.75) is 19.9 Å². The van der Waals surface area contributed by atoms with E-state index >= 15 is 0 Å². The highest BCUT2D eigenvalue weighted by atomic mass is 15.6. The van der Waals surface area contributed by atoms with Crippen LogP contribution in [0.4, 0.5) is 5.69 Å². The zero-order valence-electron chi connectivity index (χ0n) is 9.14. The lowest BCUT2D eigenvalue weighted by molar-refractivity contribution is 0.523. The van der Waals surface area contributed by atoms with E-state index in [9.17, 15) is 0 Å². The third-order valence-corrected chi connectivity index (χ3v) is 2.62.